The minimum absolute atomic E-state index is 0.118. The third-order valence-electron chi connectivity index (χ3n) is 6.11. The minimum atomic E-state index is 0.118. The van der Waals surface area contributed by atoms with E-state index in [9.17, 15) is 4.79 Å². The summed E-state index contributed by atoms with van der Waals surface area (Å²) in [5.74, 6) is 0.280. The normalized spacial score (nSPS) is 19.5. The smallest absolute Gasteiger partial charge is 0.227 e. The summed E-state index contributed by atoms with van der Waals surface area (Å²) in [6.45, 7) is 5.91. The van der Waals surface area contributed by atoms with Gasteiger partial charge in [0.25, 0.3) is 0 Å². The van der Waals surface area contributed by atoms with Crippen LogP contribution in [0.5, 0.6) is 0 Å². The van der Waals surface area contributed by atoms with Crippen molar-refractivity contribution in [1.82, 2.24) is 4.90 Å². The van der Waals surface area contributed by atoms with Crippen LogP contribution in [-0.2, 0) is 9.53 Å². The average molecular weight is 379 g/mol. The van der Waals surface area contributed by atoms with Crippen molar-refractivity contribution in [3.8, 4) is 11.1 Å². The van der Waals surface area contributed by atoms with Gasteiger partial charge in [0.05, 0.1) is 0 Å². The van der Waals surface area contributed by atoms with Crippen molar-refractivity contribution in [3.05, 3.63) is 54.1 Å². The Morgan fingerprint density at radius 2 is 1.68 bits per heavy atom. The molecule has 2 aliphatic heterocycles. The molecule has 1 amide bonds. The lowest BCUT2D eigenvalue weighted by molar-refractivity contribution is -0.121. The Morgan fingerprint density at radius 1 is 0.964 bits per heavy atom. The van der Waals surface area contributed by atoms with Crippen molar-refractivity contribution < 1.29 is 9.53 Å². The molecule has 0 bridgehead atoms. The van der Waals surface area contributed by atoms with Crippen LogP contribution in [0.15, 0.2) is 48.5 Å². The SMILES string of the molecule is Cc1cccc(-c2ccc(NC(=O)C3CCN(C4CCOCC4)CC3)cc2)c1. The van der Waals surface area contributed by atoms with E-state index in [2.05, 4.69) is 53.5 Å². The number of benzene rings is 2. The quantitative estimate of drug-likeness (QED) is 0.852. The molecular formula is C24H30N2O2. The lowest BCUT2D eigenvalue weighted by Gasteiger charge is -2.38. The number of nitrogens with zero attached hydrogens (tertiary/aromatic N) is 1. The van der Waals surface area contributed by atoms with E-state index in [0.29, 0.717) is 6.04 Å². The second kappa shape index (κ2) is 8.89. The highest BCUT2D eigenvalue weighted by Crippen LogP contribution is 2.26. The number of hydrogen-bond acceptors (Lipinski definition) is 3. The van der Waals surface area contributed by atoms with Crippen LogP contribution in [0.3, 0.4) is 0 Å². The third-order valence-corrected chi connectivity index (χ3v) is 6.11. The van der Waals surface area contributed by atoms with Crippen LogP contribution in [-0.4, -0.2) is 43.2 Å². The molecule has 0 unspecified atom stereocenters. The number of amides is 1. The number of aryl methyl sites for hydroxylation is 1. The van der Waals surface area contributed by atoms with Gasteiger partial charge in [-0.1, -0.05) is 42.0 Å². The molecule has 4 heteroatoms. The zero-order valence-electron chi connectivity index (χ0n) is 16.7. The average Bonchev–Trinajstić information content (AvgIpc) is 2.75. The molecule has 148 valence electrons. The Labute approximate surface area is 167 Å². The first-order valence-electron chi connectivity index (χ1n) is 10.5. The largest absolute Gasteiger partial charge is 0.381 e. The summed E-state index contributed by atoms with van der Waals surface area (Å²) in [6.07, 6.45) is 4.16. The molecule has 1 N–H and O–H groups in total. The highest BCUT2D eigenvalue weighted by atomic mass is 16.5. The Bertz CT molecular complexity index is 789. The fraction of sp³-hybridized carbons (Fsp3) is 0.458. The second-order valence-electron chi connectivity index (χ2n) is 8.09. The highest BCUT2D eigenvalue weighted by molar-refractivity contribution is 5.92. The number of nitrogens with one attached hydrogen (secondary N) is 1. The van der Waals surface area contributed by atoms with Gasteiger partial charge in [0.15, 0.2) is 0 Å². The van der Waals surface area contributed by atoms with Crippen LogP contribution in [0.1, 0.15) is 31.2 Å². The number of hydrogen-bond donors (Lipinski definition) is 1. The lowest BCUT2D eigenvalue weighted by atomic mass is 9.93. The number of piperidine rings is 1. The number of anilines is 1. The fourth-order valence-electron chi connectivity index (χ4n) is 4.39. The summed E-state index contributed by atoms with van der Waals surface area (Å²) in [5.41, 5.74) is 4.51. The molecular weight excluding hydrogens is 348 g/mol. The predicted molar refractivity (Wildman–Crippen MR) is 113 cm³/mol. The van der Waals surface area contributed by atoms with E-state index >= 15 is 0 Å². The van der Waals surface area contributed by atoms with Crippen molar-refractivity contribution in [2.24, 2.45) is 5.92 Å². The van der Waals surface area contributed by atoms with E-state index < -0.39 is 0 Å². The van der Waals surface area contributed by atoms with Gasteiger partial charge in [0.2, 0.25) is 5.91 Å². The van der Waals surface area contributed by atoms with Gasteiger partial charge >= 0.3 is 0 Å². The maximum absolute atomic E-state index is 12.7. The van der Waals surface area contributed by atoms with Gasteiger partial charge in [0.1, 0.15) is 0 Å². The Morgan fingerprint density at radius 3 is 2.36 bits per heavy atom. The summed E-state index contributed by atoms with van der Waals surface area (Å²) in [6, 6.07) is 17.3. The molecule has 2 aromatic carbocycles. The highest BCUT2D eigenvalue weighted by Gasteiger charge is 2.29. The Hall–Kier alpha value is -2.17. The first-order valence-corrected chi connectivity index (χ1v) is 10.5. The molecule has 0 atom stereocenters. The molecule has 0 spiro atoms. The van der Waals surface area contributed by atoms with Crippen molar-refractivity contribution in [2.45, 2.75) is 38.6 Å². The monoisotopic (exact) mass is 378 g/mol. The summed E-state index contributed by atoms with van der Waals surface area (Å²) in [7, 11) is 0. The maximum Gasteiger partial charge on any atom is 0.227 e. The zero-order chi connectivity index (χ0) is 19.3. The van der Waals surface area contributed by atoms with Gasteiger partial charge < -0.3 is 15.0 Å². The number of carbonyl (C=O) groups is 1. The number of rotatable bonds is 4. The molecule has 0 aromatic heterocycles. The van der Waals surface area contributed by atoms with Crippen LogP contribution < -0.4 is 5.32 Å². The van der Waals surface area contributed by atoms with Crippen LogP contribution in [0.25, 0.3) is 11.1 Å². The standard InChI is InChI=1S/C24H30N2O2/c1-18-3-2-4-21(17-18)19-5-7-22(8-6-19)25-24(27)20-9-13-26(14-10-20)23-11-15-28-16-12-23/h2-8,17,20,23H,9-16H2,1H3,(H,25,27). The second-order valence-corrected chi connectivity index (χ2v) is 8.09. The molecule has 2 fully saturated rings. The summed E-state index contributed by atoms with van der Waals surface area (Å²) >= 11 is 0. The van der Waals surface area contributed by atoms with E-state index in [4.69, 9.17) is 4.74 Å². The van der Waals surface area contributed by atoms with Gasteiger partial charge in [-0.25, -0.2) is 0 Å². The number of likely N-dealkylation sites (tertiary alicyclic amines) is 1. The van der Waals surface area contributed by atoms with E-state index in [1.165, 1.54) is 16.7 Å². The van der Waals surface area contributed by atoms with Gasteiger partial charge in [-0.2, -0.15) is 0 Å². The molecule has 0 radical (unpaired) electrons. The molecule has 28 heavy (non-hydrogen) atoms. The molecule has 2 heterocycles. The van der Waals surface area contributed by atoms with E-state index in [1.54, 1.807) is 0 Å². The lowest BCUT2D eigenvalue weighted by Crippen LogP contribution is -2.45. The molecule has 4 nitrogen and oxygen atoms in total. The summed E-state index contributed by atoms with van der Waals surface area (Å²) < 4.78 is 5.47. The first-order chi connectivity index (χ1) is 13.7. The van der Waals surface area contributed by atoms with Crippen molar-refractivity contribution in [2.75, 3.05) is 31.6 Å². The van der Waals surface area contributed by atoms with Crippen LogP contribution >= 0.6 is 0 Å². The van der Waals surface area contributed by atoms with Gasteiger partial charge in [-0.3, -0.25) is 4.79 Å². The van der Waals surface area contributed by atoms with E-state index in [-0.39, 0.29) is 11.8 Å². The molecule has 0 saturated carbocycles. The third kappa shape index (κ3) is 4.62. The summed E-state index contributed by atoms with van der Waals surface area (Å²) in [5, 5.41) is 3.12. The van der Waals surface area contributed by atoms with Crippen molar-refractivity contribution >= 4 is 11.6 Å². The van der Waals surface area contributed by atoms with Crippen molar-refractivity contribution in [3.63, 3.8) is 0 Å². The maximum atomic E-state index is 12.7. The molecule has 2 aliphatic rings. The number of carbonyl (C=O) groups excluding carboxylic acids is 1. The number of ether oxygens (including phenoxy) is 1. The van der Waals surface area contributed by atoms with Crippen molar-refractivity contribution in [1.29, 1.82) is 0 Å². The first kappa shape index (κ1) is 19.2. The molecule has 2 saturated heterocycles. The van der Waals surface area contributed by atoms with Crippen LogP contribution in [0.2, 0.25) is 0 Å². The molecule has 4 rings (SSSR count). The van der Waals surface area contributed by atoms with Gasteiger partial charge in [-0.15, -0.1) is 0 Å². The van der Waals surface area contributed by atoms with E-state index in [1.807, 2.05) is 12.1 Å². The van der Waals surface area contributed by atoms with Crippen LogP contribution in [0, 0.1) is 12.8 Å². The van der Waals surface area contributed by atoms with Crippen LogP contribution in [0.4, 0.5) is 5.69 Å². The topological polar surface area (TPSA) is 41.6 Å². The van der Waals surface area contributed by atoms with Gasteiger partial charge in [-0.05, 0) is 69.0 Å². The Kier molecular flexibility index (Phi) is 6.08. The zero-order valence-corrected chi connectivity index (χ0v) is 16.7. The minimum Gasteiger partial charge on any atom is -0.381 e. The fourth-order valence-corrected chi connectivity index (χ4v) is 4.39. The molecule has 2 aromatic rings. The predicted octanol–water partition coefficient (Wildman–Crippen LogP) is 4.49. The summed E-state index contributed by atoms with van der Waals surface area (Å²) in [4.78, 5) is 15.3. The molecule has 0 aliphatic carbocycles. The van der Waals surface area contributed by atoms with Gasteiger partial charge in [0, 0.05) is 30.9 Å². The van der Waals surface area contributed by atoms with E-state index in [0.717, 1.165) is 57.7 Å². The Balaban J connectivity index is 1.30.